The standard InChI is InChI=1S/C19H18N2O2/c1-12-4-2-5-13(10-12)19-16-7-3-6-15(16)17-11-14(21(22)23)8-9-18(17)20-19/h2-6,8-11,15-16,19-20H,7H2,1H3. The van der Waals surface area contributed by atoms with Crippen LogP contribution in [0.1, 0.15) is 35.1 Å². The molecule has 23 heavy (non-hydrogen) atoms. The predicted octanol–water partition coefficient (Wildman–Crippen LogP) is 4.73. The smallest absolute Gasteiger partial charge is 0.269 e. The van der Waals surface area contributed by atoms with Crippen LogP contribution in [0.25, 0.3) is 0 Å². The summed E-state index contributed by atoms with van der Waals surface area (Å²) in [5.74, 6) is 0.656. The van der Waals surface area contributed by atoms with Gasteiger partial charge in [-0.15, -0.1) is 0 Å². The van der Waals surface area contributed by atoms with E-state index in [1.54, 1.807) is 12.1 Å². The van der Waals surface area contributed by atoms with Gasteiger partial charge in [0.1, 0.15) is 0 Å². The third-order valence-corrected chi connectivity index (χ3v) is 4.96. The minimum absolute atomic E-state index is 0.165. The lowest BCUT2D eigenvalue weighted by atomic mass is 9.77. The van der Waals surface area contributed by atoms with E-state index in [9.17, 15) is 10.1 Å². The van der Waals surface area contributed by atoms with Crippen molar-refractivity contribution in [2.75, 3.05) is 5.32 Å². The van der Waals surface area contributed by atoms with E-state index in [1.807, 2.05) is 6.07 Å². The molecule has 0 aromatic heterocycles. The largest absolute Gasteiger partial charge is 0.378 e. The van der Waals surface area contributed by atoms with E-state index in [4.69, 9.17) is 0 Å². The van der Waals surface area contributed by atoms with E-state index in [2.05, 4.69) is 48.7 Å². The summed E-state index contributed by atoms with van der Waals surface area (Å²) in [6, 6.07) is 14.0. The Hall–Kier alpha value is -2.62. The third kappa shape index (κ3) is 2.31. The Balaban J connectivity index is 1.79. The fourth-order valence-electron chi connectivity index (χ4n) is 3.89. The Morgan fingerprint density at radius 3 is 2.87 bits per heavy atom. The second-order valence-corrected chi connectivity index (χ2v) is 6.42. The van der Waals surface area contributed by atoms with Gasteiger partial charge in [-0.1, -0.05) is 42.0 Å². The summed E-state index contributed by atoms with van der Waals surface area (Å²) in [6.45, 7) is 2.11. The number of non-ortho nitro benzene ring substituents is 1. The first-order chi connectivity index (χ1) is 11.1. The van der Waals surface area contributed by atoms with E-state index in [0.717, 1.165) is 17.7 Å². The van der Waals surface area contributed by atoms with E-state index >= 15 is 0 Å². The number of nitro benzene ring substituents is 1. The summed E-state index contributed by atoms with van der Waals surface area (Å²) in [6.07, 6.45) is 5.41. The number of aryl methyl sites for hydroxylation is 1. The van der Waals surface area contributed by atoms with Gasteiger partial charge in [-0.3, -0.25) is 10.1 Å². The SMILES string of the molecule is Cc1cccc(C2Nc3ccc([N+](=O)[O-])cc3C3C=CCC32)c1. The van der Waals surface area contributed by atoms with Gasteiger partial charge in [0.15, 0.2) is 0 Å². The number of fused-ring (bicyclic) bond motifs is 3. The summed E-state index contributed by atoms with van der Waals surface area (Å²) in [5.41, 5.74) is 4.75. The maximum absolute atomic E-state index is 11.1. The van der Waals surface area contributed by atoms with Gasteiger partial charge >= 0.3 is 0 Å². The number of benzene rings is 2. The average Bonchev–Trinajstić information content (AvgIpc) is 3.03. The number of allylic oxidation sites excluding steroid dienone is 2. The molecular formula is C19H18N2O2. The highest BCUT2D eigenvalue weighted by Gasteiger charge is 2.38. The zero-order valence-corrected chi connectivity index (χ0v) is 12.9. The molecular weight excluding hydrogens is 288 g/mol. The van der Waals surface area contributed by atoms with E-state index in [0.29, 0.717) is 5.92 Å². The molecule has 0 bridgehead atoms. The van der Waals surface area contributed by atoms with Gasteiger partial charge in [0.05, 0.1) is 11.0 Å². The molecule has 2 aromatic carbocycles. The lowest BCUT2D eigenvalue weighted by Gasteiger charge is -2.37. The van der Waals surface area contributed by atoms with Gasteiger partial charge in [0.25, 0.3) is 5.69 Å². The number of anilines is 1. The van der Waals surface area contributed by atoms with E-state index in [-0.39, 0.29) is 22.6 Å². The zero-order chi connectivity index (χ0) is 16.0. The van der Waals surface area contributed by atoms with Gasteiger partial charge < -0.3 is 5.32 Å². The second-order valence-electron chi connectivity index (χ2n) is 6.42. The fourth-order valence-corrected chi connectivity index (χ4v) is 3.89. The maximum Gasteiger partial charge on any atom is 0.269 e. The Morgan fingerprint density at radius 2 is 2.09 bits per heavy atom. The van der Waals surface area contributed by atoms with E-state index in [1.165, 1.54) is 11.1 Å². The van der Waals surface area contributed by atoms with Gasteiger partial charge in [0, 0.05) is 23.7 Å². The Kier molecular flexibility index (Phi) is 3.18. The van der Waals surface area contributed by atoms with Crippen molar-refractivity contribution in [3.8, 4) is 0 Å². The molecule has 116 valence electrons. The molecule has 0 saturated heterocycles. The quantitative estimate of drug-likeness (QED) is 0.496. The van der Waals surface area contributed by atoms with Crippen molar-refractivity contribution in [1.29, 1.82) is 0 Å². The minimum Gasteiger partial charge on any atom is -0.378 e. The Morgan fingerprint density at radius 1 is 1.22 bits per heavy atom. The van der Waals surface area contributed by atoms with Crippen molar-refractivity contribution in [3.05, 3.63) is 81.4 Å². The van der Waals surface area contributed by atoms with Crippen molar-refractivity contribution in [2.24, 2.45) is 5.92 Å². The van der Waals surface area contributed by atoms with Crippen LogP contribution in [0, 0.1) is 23.0 Å². The number of hydrogen-bond acceptors (Lipinski definition) is 3. The summed E-state index contributed by atoms with van der Waals surface area (Å²) in [4.78, 5) is 10.8. The molecule has 1 heterocycles. The summed E-state index contributed by atoms with van der Waals surface area (Å²) >= 11 is 0. The highest BCUT2D eigenvalue weighted by atomic mass is 16.6. The number of hydrogen-bond donors (Lipinski definition) is 1. The van der Waals surface area contributed by atoms with E-state index < -0.39 is 0 Å². The molecule has 4 nitrogen and oxygen atoms in total. The number of nitrogens with zero attached hydrogens (tertiary/aromatic N) is 1. The topological polar surface area (TPSA) is 55.2 Å². The van der Waals surface area contributed by atoms with Crippen LogP contribution in [0.4, 0.5) is 11.4 Å². The second kappa shape index (κ2) is 5.23. The number of nitrogens with one attached hydrogen (secondary N) is 1. The zero-order valence-electron chi connectivity index (χ0n) is 12.9. The van der Waals surface area contributed by atoms with Crippen LogP contribution in [0.15, 0.2) is 54.6 Å². The summed E-state index contributed by atoms with van der Waals surface area (Å²) in [7, 11) is 0. The minimum atomic E-state index is -0.319. The molecule has 3 unspecified atom stereocenters. The monoisotopic (exact) mass is 306 g/mol. The molecule has 0 spiro atoms. The average molecular weight is 306 g/mol. The molecule has 1 aliphatic heterocycles. The van der Waals surface area contributed by atoms with Gasteiger partial charge in [-0.05, 0) is 36.5 Å². The van der Waals surface area contributed by atoms with Crippen LogP contribution >= 0.6 is 0 Å². The number of rotatable bonds is 2. The number of nitro groups is 1. The molecule has 3 atom stereocenters. The summed E-state index contributed by atoms with van der Waals surface area (Å²) in [5, 5.41) is 14.7. The lowest BCUT2D eigenvalue weighted by Crippen LogP contribution is -2.29. The van der Waals surface area contributed by atoms with Crippen LogP contribution in [-0.4, -0.2) is 4.92 Å². The van der Waals surface area contributed by atoms with Crippen molar-refractivity contribution in [1.82, 2.24) is 0 Å². The molecule has 2 aliphatic rings. The van der Waals surface area contributed by atoms with Crippen molar-refractivity contribution in [3.63, 3.8) is 0 Å². The highest BCUT2D eigenvalue weighted by Crippen LogP contribution is 2.50. The first-order valence-corrected chi connectivity index (χ1v) is 7.91. The third-order valence-electron chi connectivity index (χ3n) is 4.96. The van der Waals surface area contributed by atoms with Crippen molar-refractivity contribution >= 4 is 11.4 Å². The molecule has 1 aliphatic carbocycles. The predicted molar refractivity (Wildman–Crippen MR) is 90.6 cm³/mol. The van der Waals surface area contributed by atoms with Gasteiger partial charge in [0.2, 0.25) is 0 Å². The summed E-state index contributed by atoms with van der Waals surface area (Å²) < 4.78 is 0. The molecule has 4 rings (SSSR count). The van der Waals surface area contributed by atoms with Crippen LogP contribution in [0.2, 0.25) is 0 Å². The van der Waals surface area contributed by atoms with Crippen LogP contribution < -0.4 is 5.32 Å². The Bertz CT molecular complexity index is 813. The highest BCUT2D eigenvalue weighted by molar-refractivity contribution is 5.63. The molecule has 0 saturated carbocycles. The molecule has 0 radical (unpaired) electrons. The fraction of sp³-hybridized carbons (Fsp3) is 0.263. The lowest BCUT2D eigenvalue weighted by molar-refractivity contribution is -0.384. The molecule has 4 heteroatoms. The molecule has 0 fully saturated rings. The van der Waals surface area contributed by atoms with Gasteiger partial charge in [-0.2, -0.15) is 0 Å². The van der Waals surface area contributed by atoms with Crippen LogP contribution in [0.3, 0.4) is 0 Å². The first-order valence-electron chi connectivity index (χ1n) is 7.91. The van der Waals surface area contributed by atoms with Crippen molar-refractivity contribution in [2.45, 2.75) is 25.3 Å². The van der Waals surface area contributed by atoms with Crippen LogP contribution in [-0.2, 0) is 0 Å². The maximum atomic E-state index is 11.1. The van der Waals surface area contributed by atoms with Gasteiger partial charge in [-0.25, -0.2) is 0 Å². The Labute approximate surface area is 135 Å². The first kappa shape index (κ1) is 14.0. The normalized spacial score (nSPS) is 24.7. The van der Waals surface area contributed by atoms with Crippen LogP contribution in [0.5, 0.6) is 0 Å². The molecule has 0 amide bonds. The molecule has 2 aromatic rings. The van der Waals surface area contributed by atoms with Crippen molar-refractivity contribution < 1.29 is 4.92 Å². The molecule has 1 N–H and O–H groups in total.